The van der Waals surface area contributed by atoms with E-state index in [2.05, 4.69) is 15.2 Å². The summed E-state index contributed by atoms with van der Waals surface area (Å²) in [6.07, 6.45) is 5.12. The van der Waals surface area contributed by atoms with E-state index in [1.54, 1.807) is 25.5 Å². The van der Waals surface area contributed by atoms with Crippen LogP contribution in [0.15, 0.2) is 30.5 Å². The minimum atomic E-state index is -0.0221. The number of hydrogen-bond acceptors (Lipinski definition) is 5. The number of piperidine rings is 1. The van der Waals surface area contributed by atoms with Crippen LogP contribution in [-0.4, -0.2) is 42.5 Å². The van der Waals surface area contributed by atoms with Crippen molar-refractivity contribution in [3.8, 4) is 16.3 Å². The van der Waals surface area contributed by atoms with E-state index < -0.39 is 0 Å². The molecule has 1 aromatic heterocycles. The van der Waals surface area contributed by atoms with Gasteiger partial charge in [0.2, 0.25) is 5.91 Å². The van der Waals surface area contributed by atoms with Gasteiger partial charge in [0.05, 0.1) is 13.2 Å². The van der Waals surface area contributed by atoms with Crippen LogP contribution >= 0.6 is 11.3 Å². The van der Waals surface area contributed by atoms with E-state index in [-0.39, 0.29) is 11.9 Å². The lowest BCUT2D eigenvalue weighted by atomic mass is 10.0. The van der Waals surface area contributed by atoms with Gasteiger partial charge >= 0.3 is 0 Å². The Morgan fingerprint density at radius 3 is 3.12 bits per heavy atom. The predicted molar refractivity (Wildman–Crippen MR) is 96.2 cm³/mol. The van der Waals surface area contributed by atoms with Crippen molar-refractivity contribution in [2.24, 2.45) is 0 Å². The highest BCUT2D eigenvalue weighted by atomic mass is 32.1. The first kappa shape index (κ1) is 16.9. The number of hydrogen-bond donors (Lipinski definition) is 1. The molecule has 2 aromatic rings. The van der Waals surface area contributed by atoms with E-state index in [0.29, 0.717) is 0 Å². The van der Waals surface area contributed by atoms with Gasteiger partial charge in [-0.15, -0.1) is 11.3 Å². The number of thiazole rings is 1. The maximum Gasteiger partial charge on any atom is 0.237 e. The zero-order chi connectivity index (χ0) is 16.9. The van der Waals surface area contributed by atoms with E-state index in [1.807, 2.05) is 30.5 Å². The summed E-state index contributed by atoms with van der Waals surface area (Å²) in [4.78, 5) is 20.1. The average molecular weight is 345 g/mol. The third kappa shape index (κ3) is 3.76. The number of nitrogens with zero attached hydrogens (tertiary/aromatic N) is 2. The number of aromatic nitrogens is 1. The van der Waals surface area contributed by atoms with Gasteiger partial charge in [-0.3, -0.25) is 9.69 Å². The lowest BCUT2D eigenvalue weighted by Gasteiger charge is -2.33. The number of likely N-dealkylation sites (N-methyl/N-ethyl adjacent to an activating group) is 1. The van der Waals surface area contributed by atoms with Gasteiger partial charge in [-0.2, -0.15) is 0 Å². The molecule has 0 saturated carbocycles. The van der Waals surface area contributed by atoms with Crippen LogP contribution in [0.5, 0.6) is 5.75 Å². The summed E-state index contributed by atoms with van der Waals surface area (Å²) in [5.41, 5.74) is 1.06. The summed E-state index contributed by atoms with van der Waals surface area (Å²) in [6, 6.07) is 7.92. The van der Waals surface area contributed by atoms with Crippen molar-refractivity contribution in [3.05, 3.63) is 35.3 Å². The van der Waals surface area contributed by atoms with Crippen LogP contribution in [0.25, 0.3) is 10.6 Å². The van der Waals surface area contributed by atoms with Crippen molar-refractivity contribution in [2.75, 3.05) is 20.7 Å². The Morgan fingerprint density at radius 2 is 2.33 bits per heavy atom. The molecular formula is C18H23N3O2S. The first-order valence-corrected chi connectivity index (χ1v) is 9.07. The molecule has 24 heavy (non-hydrogen) atoms. The van der Waals surface area contributed by atoms with Gasteiger partial charge in [0.25, 0.3) is 0 Å². The van der Waals surface area contributed by atoms with Crippen LogP contribution < -0.4 is 10.1 Å². The normalized spacial score (nSPS) is 18.3. The van der Waals surface area contributed by atoms with Gasteiger partial charge in [-0.05, 0) is 31.5 Å². The fourth-order valence-corrected chi connectivity index (χ4v) is 4.05. The van der Waals surface area contributed by atoms with Gasteiger partial charge in [0.15, 0.2) is 0 Å². The van der Waals surface area contributed by atoms with Gasteiger partial charge in [0, 0.05) is 30.2 Å². The molecule has 0 bridgehead atoms. The molecule has 1 aliphatic heterocycles. The number of nitrogens with one attached hydrogen (secondary N) is 1. The molecule has 1 N–H and O–H groups in total. The maximum absolute atomic E-state index is 12.1. The van der Waals surface area contributed by atoms with Gasteiger partial charge in [-0.25, -0.2) is 4.98 Å². The highest BCUT2D eigenvalue weighted by molar-refractivity contribution is 7.15. The fraction of sp³-hybridized carbons (Fsp3) is 0.444. The first-order valence-electron chi connectivity index (χ1n) is 8.26. The monoisotopic (exact) mass is 345 g/mol. The zero-order valence-electron chi connectivity index (χ0n) is 14.1. The number of amides is 1. The summed E-state index contributed by atoms with van der Waals surface area (Å²) in [7, 11) is 3.38. The lowest BCUT2D eigenvalue weighted by Crippen LogP contribution is -2.48. The van der Waals surface area contributed by atoms with Crippen molar-refractivity contribution in [3.63, 3.8) is 0 Å². The maximum atomic E-state index is 12.1. The zero-order valence-corrected chi connectivity index (χ0v) is 14.9. The second-order valence-corrected chi connectivity index (χ2v) is 7.08. The molecule has 2 heterocycles. The second-order valence-electron chi connectivity index (χ2n) is 5.96. The molecule has 6 heteroatoms. The fourth-order valence-electron chi connectivity index (χ4n) is 3.11. The lowest BCUT2D eigenvalue weighted by molar-refractivity contribution is -0.127. The minimum absolute atomic E-state index is 0.0221. The molecule has 5 nitrogen and oxygen atoms in total. The molecule has 1 aliphatic rings. The number of ether oxygens (including phenoxy) is 1. The Labute approximate surface area is 146 Å². The smallest absolute Gasteiger partial charge is 0.237 e. The average Bonchev–Trinajstić information content (AvgIpc) is 3.10. The van der Waals surface area contributed by atoms with Crippen LogP contribution in [-0.2, 0) is 11.3 Å². The van der Waals surface area contributed by atoms with Crippen molar-refractivity contribution < 1.29 is 9.53 Å². The van der Waals surface area contributed by atoms with Crippen molar-refractivity contribution >= 4 is 17.2 Å². The number of benzene rings is 1. The molecule has 0 radical (unpaired) electrons. The molecule has 1 atom stereocenters. The molecular weight excluding hydrogens is 322 g/mol. The largest absolute Gasteiger partial charge is 0.497 e. The van der Waals surface area contributed by atoms with Crippen molar-refractivity contribution in [2.45, 2.75) is 31.8 Å². The van der Waals surface area contributed by atoms with Crippen LogP contribution in [0.2, 0.25) is 0 Å². The molecule has 0 aliphatic carbocycles. The number of methoxy groups -OCH3 is 1. The Bertz CT molecular complexity index is 701. The van der Waals surface area contributed by atoms with Crippen LogP contribution in [0.3, 0.4) is 0 Å². The van der Waals surface area contributed by atoms with Gasteiger partial charge in [0.1, 0.15) is 10.8 Å². The summed E-state index contributed by atoms with van der Waals surface area (Å²) in [5.74, 6) is 0.951. The SMILES string of the molecule is CNC(=O)[C@H]1CCCCN1Cc1cnc(-c2cccc(OC)c2)s1. The number of carbonyl (C=O) groups is 1. The number of carbonyl (C=O) groups excluding carboxylic acids is 1. The summed E-state index contributed by atoms with van der Waals surface area (Å²) >= 11 is 1.68. The molecule has 1 aromatic carbocycles. The number of rotatable bonds is 5. The Morgan fingerprint density at radius 1 is 1.46 bits per heavy atom. The van der Waals surface area contributed by atoms with E-state index in [0.717, 1.165) is 48.7 Å². The first-order chi connectivity index (χ1) is 11.7. The van der Waals surface area contributed by atoms with Gasteiger partial charge in [-0.1, -0.05) is 18.6 Å². The summed E-state index contributed by atoms with van der Waals surface area (Å²) in [5, 5.41) is 3.77. The molecule has 3 rings (SSSR count). The Hall–Kier alpha value is -1.92. The van der Waals surface area contributed by atoms with Crippen LogP contribution in [0.4, 0.5) is 0 Å². The third-order valence-corrected chi connectivity index (χ3v) is 5.42. The predicted octanol–water partition coefficient (Wildman–Crippen LogP) is 2.92. The van der Waals surface area contributed by atoms with Crippen molar-refractivity contribution in [1.82, 2.24) is 15.2 Å². The van der Waals surface area contributed by atoms with E-state index in [1.165, 1.54) is 4.88 Å². The molecule has 1 fully saturated rings. The number of likely N-dealkylation sites (tertiary alicyclic amines) is 1. The molecule has 128 valence electrons. The Balaban J connectivity index is 1.74. The molecule has 1 saturated heterocycles. The standard InChI is InChI=1S/C18H23N3O2S/c1-19-17(22)16-8-3-4-9-21(16)12-15-11-20-18(24-15)13-6-5-7-14(10-13)23-2/h5-7,10-11,16H,3-4,8-9,12H2,1-2H3,(H,19,22)/t16-/m1/s1. The quantitative estimate of drug-likeness (QED) is 0.905. The highest BCUT2D eigenvalue weighted by Crippen LogP contribution is 2.29. The van der Waals surface area contributed by atoms with Crippen LogP contribution in [0, 0.1) is 0 Å². The molecule has 1 amide bonds. The molecule has 0 unspecified atom stereocenters. The molecule has 0 spiro atoms. The van der Waals surface area contributed by atoms with Gasteiger partial charge < -0.3 is 10.1 Å². The van der Waals surface area contributed by atoms with Crippen molar-refractivity contribution in [1.29, 1.82) is 0 Å². The van der Waals surface area contributed by atoms with E-state index in [9.17, 15) is 4.79 Å². The van der Waals surface area contributed by atoms with E-state index >= 15 is 0 Å². The Kier molecular flexibility index (Phi) is 5.48. The summed E-state index contributed by atoms with van der Waals surface area (Å²) in [6.45, 7) is 1.74. The topological polar surface area (TPSA) is 54.5 Å². The highest BCUT2D eigenvalue weighted by Gasteiger charge is 2.28. The van der Waals surface area contributed by atoms with Crippen LogP contribution in [0.1, 0.15) is 24.1 Å². The second kappa shape index (κ2) is 7.77. The minimum Gasteiger partial charge on any atom is -0.497 e. The van der Waals surface area contributed by atoms with E-state index in [4.69, 9.17) is 4.74 Å². The summed E-state index contributed by atoms with van der Waals surface area (Å²) < 4.78 is 5.28. The third-order valence-electron chi connectivity index (χ3n) is 4.39.